The topological polar surface area (TPSA) is 253 Å². The predicted octanol–water partition coefficient (Wildman–Crippen LogP) is 3.01. The summed E-state index contributed by atoms with van der Waals surface area (Å²) in [6.07, 6.45) is -12.2. The average Bonchev–Trinajstić information content (AvgIpc) is 3.26. The number of benzene rings is 3. The molecule has 2 bridgehead atoms. The van der Waals surface area contributed by atoms with Crippen LogP contribution in [0.1, 0.15) is 85.7 Å². The molecule has 16 heteroatoms. The highest BCUT2D eigenvalue weighted by molar-refractivity contribution is 5.96. The van der Waals surface area contributed by atoms with E-state index in [0.717, 1.165) is 0 Å². The third-order valence-corrected chi connectivity index (χ3v) is 13.7. The van der Waals surface area contributed by atoms with Gasteiger partial charge in [0.05, 0.1) is 42.6 Å². The van der Waals surface area contributed by atoms with Crippen molar-refractivity contribution in [3.8, 4) is 0 Å². The van der Waals surface area contributed by atoms with Gasteiger partial charge in [-0.15, -0.1) is 0 Å². The fraction of sp³-hybridized carbons (Fsp3) is 0.447. The van der Waals surface area contributed by atoms with E-state index in [1.54, 1.807) is 66.7 Å². The van der Waals surface area contributed by atoms with Crippen molar-refractivity contribution in [1.29, 1.82) is 0 Å². The Labute approximate surface area is 362 Å². The Balaban J connectivity index is 1.35. The fourth-order valence-corrected chi connectivity index (χ4v) is 10.1. The monoisotopic (exact) mass is 869 g/mol. The van der Waals surface area contributed by atoms with Gasteiger partial charge in [-0.05, 0) is 54.8 Å². The molecule has 9 unspecified atom stereocenters. The van der Waals surface area contributed by atoms with Crippen molar-refractivity contribution < 1.29 is 73.2 Å². The number of aliphatic hydroxyl groups is 4. The van der Waals surface area contributed by atoms with Crippen molar-refractivity contribution in [2.75, 3.05) is 6.61 Å². The van der Waals surface area contributed by atoms with Gasteiger partial charge in [0.15, 0.2) is 5.78 Å². The van der Waals surface area contributed by atoms with Gasteiger partial charge in [0, 0.05) is 29.7 Å². The minimum Gasteiger partial charge on any atom is -0.481 e. The summed E-state index contributed by atoms with van der Waals surface area (Å²) in [7, 11) is 0. The van der Waals surface area contributed by atoms with Crippen LogP contribution in [0.2, 0.25) is 0 Å². The molecule has 4 aliphatic rings. The largest absolute Gasteiger partial charge is 0.481 e. The molecule has 3 fully saturated rings. The summed E-state index contributed by atoms with van der Waals surface area (Å²) in [5, 5.41) is 61.9. The molecule has 334 valence electrons. The van der Waals surface area contributed by atoms with Crippen LogP contribution in [0.4, 0.5) is 0 Å². The number of carboxylic acids is 1. The lowest BCUT2D eigenvalue weighted by Crippen LogP contribution is -2.81. The van der Waals surface area contributed by atoms with E-state index >= 15 is 0 Å². The number of nitrogens with one attached hydrogen (secondary N) is 1. The zero-order chi connectivity index (χ0) is 45.6. The van der Waals surface area contributed by atoms with Gasteiger partial charge in [-0.3, -0.25) is 19.2 Å². The Hall–Kier alpha value is -5.78. The number of hydrogen-bond acceptors (Lipinski definition) is 14. The van der Waals surface area contributed by atoms with Gasteiger partial charge in [-0.1, -0.05) is 80.6 Å². The molecule has 1 heterocycles. The normalized spacial score (nSPS) is 31.6. The van der Waals surface area contributed by atoms with Crippen LogP contribution >= 0.6 is 0 Å². The maximum atomic E-state index is 14.9. The summed E-state index contributed by atoms with van der Waals surface area (Å²) in [5.74, 6) is -7.87. The van der Waals surface area contributed by atoms with Crippen molar-refractivity contribution in [2.45, 2.75) is 107 Å². The summed E-state index contributed by atoms with van der Waals surface area (Å²) in [6, 6.07) is 22.3. The molecule has 0 radical (unpaired) electrons. The number of Topliss-reactive ketones (excluding diaryl/α,β-unsaturated/α-hetero) is 1. The fourth-order valence-electron chi connectivity index (χ4n) is 10.1. The van der Waals surface area contributed by atoms with E-state index in [2.05, 4.69) is 5.32 Å². The Morgan fingerprint density at radius 1 is 0.841 bits per heavy atom. The number of esters is 3. The van der Waals surface area contributed by atoms with Gasteiger partial charge >= 0.3 is 23.9 Å². The second kappa shape index (κ2) is 17.1. The molecule has 1 aliphatic heterocycles. The first-order valence-corrected chi connectivity index (χ1v) is 20.7. The standard InChI is InChI=1S/C47H51NO15/c1-25-29(61-43(57)37(62-33(52)21-20-32(50)51)35(26-14-8-5-9-15-26)48-41(55)27-16-10-6-11-17-27)23-47(59)40(63-42(56)28-18-12-7-13-19-28)38-45(4,30(49)22-31-46(38,58)24-60-31)39(54)36(53)34(25)44(47,2)3/h5-19,29-31,35-38,40,49,53,58-59H,20-24H2,1-4H3,(H,48,55)(H,50,51)/t29?,30?,31?,35?,36?,37?,38?,40?,45-,46+,47?/m1/s1. The number of carboxylic acid groups (broad SMARTS) is 1. The summed E-state index contributed by atoms with van der Waals surface area (Å²) in [6.45, 7) is 5.49. The van der Waals surface area contributed by atoms with Crippen LogP contribution in [0, 0.1) is 16.7 Å². The molecule has 1 saturated heterocycles. The zero-order valence-corrected chi connectivity index (χ0v) is 35.1. The van der Waals surface area contributed by atoms with Gasteiger partial charge < -0.3 is 49.8 Å². The Morgan fingerprint density at radius 2 is 1.43 bits per heavy atom. The van der Waals surface area contributed by atoms with Gasteiger partial charge in [0.25, 0.3) is 5.91 Å². The van der Waals surface area contributed by atoms with Crippen LogP contribution in [0.5, 0.6) is 0 Å². The number of aliphatic hydroxyl groups excluding tert-OH is 2. The first kappa shape index (κ1) is 45.3. The Bertz CT molecular complexity index is 2300. The maximum Gasteiger partial charge on any atom is 0.350 e. The second-order valence-electron chi connectivity index (χ2n) is 17.6. The molecule has 6 N–H and O–H groups in total. The molecule has 3 aromatic rings. The number of carbonyl (C=O) groups excluding carboxylic acids is 5. The molecule has 0 spiro atoms. The molecule has 7 rings (SSSR count). The zero-order valence-electron chi connectivity index (χ0n) is 35.1. The SMILES string of the molecule is CC1=C2C(O)C(=O)[C@]3(C)C(O)CC4OC[C@@]4(O)C3C(OC(=O)c3ccccc3)C(O)(CC1OC(=O)C(OC(=O)CCC(=O)O)C(NC(=O)c1ccccc1)c1ccccc1)C2(C)C. The Kier molecular flexibility index (Phi) is 12.3. The smallest absolute Gasteiger partial charge is 0.350 e. The molecule has 3 aromatic carbocycles. The lowest BCUT2D eigenvalue weighted by molar-refractivity contribution is -0.343. The highest BCUT2D eigenvalue weighted by atomic mass is 16.6. The van der Waals surface area contributed by atoms with Crippen LogP contribution in [0.25, 0.3) is 0 Å². The van der Waals surface area contributed by atoms with E-state index in [-0.39, 0.29) is 40.9 Å². The molecule has 2 saturated carbocycles. The summed E-state index contributed by atoms with van der Waals surface area (Å²) in [4.78, 5) is 82.2. The molecular weight excluding hydrogens is 819 g/mol. The van der Waals surface area contributed by atoms with Gasteiger partial charge in [-0.2, -0.15) is 0 Å². The lowest BCUT2D eigenvalue weighted by atomic mass is 9.44. The third kappa shape index (κ3) is 7.84. The quantitative estimate of drug-likeness (QED) is 0.0870. The average molecular weight is 870 g/mol. The first-order valence-electron chi connectivity index (χ1n) is 20.7. The number of hydrogen-bond donors (Lipinski definition) is 6. The van der Waals surface area contributed by atoms with Gasteiger partial charge in [0.1, 0.15) is 35.6 Å². The molecule has 63 heavy (non-hydrogen) atoms. The number of ketones is 1. The van der Waals surface area contributed by atoms with E-state index in [1.807, 2.05) is 0 Å². The number of rotatable bonds is 12. The number of ether oxygens (including phenoxy) is 4. The van der Waals surface area contributed by atoms with Crippen LogP contribution in [-0.2, 0) is 38.1 Å². The molecule has 3 aliphatic carbocycles. The van der Waals surface area contributed by atoms with Crippen molar-refractivity contribution in [1.82, 2.24) is 5.32 Å². The van der Waals surface area contributed by atoms with E-state index < -0.39 is 125 Å². The first-order chi connectivity index (χ1) is 29.7. The van der Waals surface area contributed by atoms with Crippen molar-refractivity contribution in [2.24, 2.45) is 16.7 Å². The van der Waals surface area contributed by atoms with E-state index in [4.69, 9.17) is 18.9 Å². The molecule has 11 atom stereocenters. The minimum absolute atomic E-state index is 0.0570. The predicted molar refractivity (Wildman–Crippen MR) is 219 cm³/mol. The summed E-state index contributed by atoms with van der Waals surface area (Å²) >= 11 is 0. The number of aliphatic carboxylic acids is 1. The van der Waals surface area contributed by atoms with E-state index in [1.165, 1.54) is 52.0 Å². The second-order valence-corrected chi connectivity index (χ2v) is 17.6. The maximum absolute atomic E-state index is 14.9. The molecular formula is C47H51NO15. The molecule has 16 nitrogen and oxygen atoms in total. The number of amides is 1. The van der Waals surface area contributed by atoms with Gasteiger partial charge in [-0.25, -0.2) is 9.59 Å². The Morgan fingerprint density at radius 3 is 2.00 bits per heavy atom. The number of fused-ring (bicyclic) bond motifs is 5. The van der Waals surface area contributed by atoms with Gasteiger partial charge in [0.2, 0.25) is 6.10 Å². The molecule has 1 amide bonds. The van der Waals surface area contributed by atoms with E-state index in [9.17, 15) is 54.3 Å². The highest BCUT2D eigenvalue weighted by Gasteiger charge is 2.76. The van der Waals surface area contributed by atoms with Crippen LogP contribution in [0.3, 0.4) is 0 Å². The van der Waals surface area contributed by atoms with Crippen LogP contribution < -0.4 is 5.32 Å². The minimum atomic E-state index is -2.41. The van der Waals surface area contributed by atoms with Crippen molar-refractivity contribution in [3.63, 3.8) is 0 Å². The lowest BCUT2D eigenvalue weighted by Gasteiger charge is -2.66. The van der Waals surface area contributed by atoms with Crippen molar-refractivity contribution in [3.05, 3.63) is 119 Å². The van der Waals surface area contributed by atoms with E-state index in [0.29, 0.717) is 0 Å². The molecule has 0 aromatic heterocycles. The summed E-state index contributed by atoms with van der Waals surface area (Å²) < 4.78 is 23.8. The van der Waals surface area contributed by atoms with Crippen molar-refractivity contribution >= 4 is 35.6 Å². The number of carbonyl (C=O) groups is 6. The third-order valence-electron chi connectivity index (χ3n) is 13.7. The van der Waals surface area contributed by atoms with Crippen LogP contribution in [-0.4, -0.2) is 116 Å². The summed E-state index contributed by atoms with van der Waals surface area (Å²) in [5.41, 5.74) is -7.58. The van der Waals surface area contributed by atoms with Crippen LogP contribution in [0.15, 0.2) is 102 Å². The highest BCUT2D eigenvalue weighted by Crippen LogP contribution is 2.63.